The molecule has 0 atom stereocenters. The average Bonchev–Trinajstić information content (AvgIpc) is 2.23. The summed E-state index contributed by atoms with van der Waals surface area (Å²) in [4.78, 5) is 8.32. The van der Waals surface area contributed by atoms with E-state index in [2.05, 4.69) is 43.0 Å². The molecule has 1 rings (SSSR count). The van der Waals surface area contributed by atoms with E-state index < -0.39 is 0 Å². The number of rotatable bonds is 6. The second-order valence-corrected chi connectivity index (χ2v) is 5.14. The van der Waals surface area contributed by atoms with Gasteiger partial charge in [-0.1, -0.05) is 27.7 Å². The zero-order valence-corrected chi connectivity index (χ0v) is 11.3. The SMILES string of the molecule is CC(C)CCCNc1ncnc(N)c1C(C)C. The summed E-state index contributed by atoms with van der Waals surface area (Å²) < 4.78 is 0. The van der Waals surface area contributed by atoms with Gasteiger partial charge in [-0.25, -0.2) is 9.97 Å². The van der Waals surface area contributed by atoms with Crippen molar-refractivity contribution in [1.82, 2.24) is 9.97 Å². The van der Waals surface area contributed by atoms with Crippen molar-refractivity contribution in [1.29, 1.82) is 0 Å². The third kappa shape index (κ3) is 4.21. The van der Waals surface area contributed by atoms with Gasteiger partial charge in [0.1, 0.15) is 18.0 Å². The van der Waals surface area contributed by atoms with Crippen LogP contribution in [0.4, 0.5) is 11.6 Å². The van der Waals surface area contributed by atoms with E-state index in [0.29, 0.717) is 11.7 Å². The van der Waals surface area contributed by atoms with E-state index in [1.165, 1.54) is 12.7 Å². The van der Waals surface area contributed by atoms with E-state index in [4.69, 9.17) is 5.73 Å². The summed E-state index contributed by atoms with van der Waals surface area (Å²) in [5.74, 6) is 2.55. The van der Waals surface area contributed by atoms with Gasteiger partial charge in [0.2, 0.25) is 0 Å². The first-order valence-corrected chi connectivity index (χ1v) is 6.36. The molecule has 0 aliphatic heterocycles. The first-order chi connectivity index (χ1) is 8.02. The number of hydrogen-bond donors (Lipinski definition) is 2. The minimum Gasteiger partial charge on any atom is -0.383 e. The highest BCUT2D eigenvalue weighted by Gasteiger charge is 2.12. The molecule has 0 saturated heterocycles. The fourth-order valence-corrected chi connectivity index (χ4v) is 1.84. The highest BCUT2D eigenvalue weighted by Crippen LogP contribution is 2.26. The Kier molecular flexibility index (Phi) is 5.19. The van der Waals surface area contributed by atoms with Gasteiger partial charge in [0.05, 0.1) is 0 Å². The van der Waals surface area contributed by atoms with Crippen molar-refractivity contribution in [2.24, 2.45) is 5.92 Å². The zero-order chi connectivity index (χ0) is 12.8. The lowest BCUT2D eigenvalue weighted by Crippen LogP contribution is -2.11. The van der Waals surface area contributed by atoms with Crippen LogP contribution in [0.2, 0.25) is 0 Å². The fraction of sp³-hybridized carbons (Fsp3) is 0.692. The van der Waals surface area contributed by atoms with Crippen LogP contribution in [0.3, 0.4) is 0 Å². The number of nitrogens with one attached hydrogen (secondary N) is 1. The zero-order valence-electron chi connectivity index (χ0n) is 11.3. The molecule has 0 aromatic carbocycles. The molecule has 0 radical (unpaired) electrons. The molecule has 0 saturated carbocycles. The number of aromatic nitrogens is 2. The van der Waals surface area contributed by atoms with Crippen LogP contribution in [-0.2, 0) is 0 Å². The molecule has 1 aromatic heterocycles. The van der Waals surface area contributed by atoms with Gasteiger partial charge in [-0.05, 0) is 24.7 Å². The summed E-state index contributed by atoms with van der Waals surface area (Å²) in [6.45, 7) is 9.63. The lowest BCUT2D eigenvalue weighted by molar-refractivity contribution is 0.566. The highest BCUT2D eigenvalue weighted by atomic mass is 15.0. The van der Waals surface area contributed by atoms with Crippen LogP contribution in [0.15, 0.2) is 6.33 Å². The lowest BCUT2D eigenvalue weighted by atomic mass is 10.0. The molecule has 0 aliphatic carbocycles. The van der Waals surface area contributed by atoms with E-state index in [-0.39, 0.29) is 0 Å². The summed E-state index contributed by atoms with van der Waals surface area (Å²) in [5.41, 5.74) is 6.91. The van der Waals surface area contributed by atoms with Crippen LogP contribution in [0.5, 0.6) is 0 Å². The van der Waals surface area contributed by atoms with Crippen LogP contribution in [-0.4, -0.2) is 16.5 Å². The topological polar surface area (TPSA) is 63.8 Å². The maximum Gasteiger partial charge on any atom is 0.134 e. The fourth-order valence-electron chi connectivity index (χ4n) is 1.84. The third-order valence-electron chi connectivity index (χ3n) is 2.74. The molecule has 0 fully saturated rings. The molecule has 4 heteroatoms. The molecular weight excluding hydrogens is 212 g/mol. The van der Waals surface area contributed by atoms with Gasteiger partial charge < -0.3 is 11.1 Å². The molecule has 17 heavy (non-hydrogen) atoms. The summed E-state index contributed by atoms with van der Waals surface area (Å²) in [6.07, 6.45) is 3.90. The van der Waals surface area contributed by atoms with Crippen LogP contribution in [0, 0.1) is 5.92 Å². The molecule has 3 N–H and O–H groups in total. The van der Waals surface area contributed by atoms with Crippen LogP contribution >= 0.6 is 0 Å². The van der Waals surface area contributed by atoms with Crippen molar-refractivity contribution in [3.63, 3.8) is 0 Å². The van der Waals surface area contributed by atoms with Gasteiger partial charge in [0.25, 0.3) is 0 Å². The molecule has 0 aliphatic rings. The smallest absolute Gasteiger partial charge is 0.134 e. The van der Waals surface area contributed by atoms with Crippen LogP contribution in [0.1, 0.15) is 52.0 Å². The number of hydrogen-bond acceptors (Lipinski definition) is 4. The summed E-state index contributed by atoms with van der Waals surface area (Å²) in [6, 6.07) is 0. The Hall–Kier alpha value is -1.32. The lowest BCUT2D eigenvalue weighted by Gasteiger charge is -2.15. The number of nitrogens with zero attached hydrogens (tertiary/aromatic N) is 2. The van der Waals surface area contributed by atoms with Gasteiger partial charge in [-0.3, -0.25) is 0 Å². The quantitative estimate of drug-likeness (QED) is 0.745. The number of nitrogens with two attached hydrogens (primary N) is 1. The second-order valence-electron chi connectivity index (χ2n) is 5.14. The Morgan fingerprint density at radius 2 is 1.94 bits per heavy atom. The Bertz CT molecular complexity index is 347. The first-order valence-electron chi connectivity index (χ1n) is 6.36. The molecule has 1 heterocycles. The van der Waals surface area contributed by atoms with Gasteiger partial charge in [-0.2, -0.15) is 0 Å². The largest absolute Gasteiger partial charge is 0.383 e. The highest BCUT2D eigenvalue weighted by molar-refractivity contribution is 5.56. The van der Waals surface area contributed by atoms with Crippen molar-refractivity contribution < 1.29 is 0 Å². The van der Waals surface area contributed by atoms with E-state index >= 15 is 0 Å². The minimum absolute atomic E-state index is 0.337. The van der Waals surface area contributed by atoms with Crippen LogP contribution in [0.25, 0.3) is 0 Å². The monoisotopic (exact) mass is 236 g/mol. The minimum atomic E-state index is 0.337. The third-order valence-corrected chi connectivity index (χ3v) is 2.74. The van der Waals surface area contributed by atoms with E-state index in [9.17, 15) is 0 Å². The van der Waals surface area contributed by atoms with Gasteiger partial charge in [0.15, 0.2) is 0 Å². The summed E-state index contributed by atoms with van der Waals surface area (Å²) in [7, 11) is 0. The van der Waals surface area contributed by atoms with E-state index in [0.717, 1.165) is 30.3 Å². The van der Waals surface area contributed by atoms with E-state index in [1.807, 2.05) is 0 Å². The second kappa shape index (κ2) is 6.42. The average molecular weight is 236 g/mol. The predicted octanol–water partition coefficient (Wildman–Crippen LogP) is 3.03. The van der Waals surface area contributed by atoms with Gasteiger partial charge in [0, 0.05) is 12.1 Å². The molecule has 96 valence electrons. The van der Waals surface area contributed by atoms with E-state index in [1.54, 1.807) is 0 Å². The van der Waals surface area contributed by atoms with Crippen molar-refractivity contribution >= 4 is 11.6 Å². The van der Waals surface area contributed by atoms with Gasteiger partial charge >= 0.3 is 0 Å². The molecule has 0 unspecified atom stereocenters. The first kappa shape index (κ1) is 13.7. The summed E-state index contributed by atoms with van der Waals surface area (Å²) >= 11 is 0. The Morgan fingerprint density at radius 3 is 2.53 bits per heavy atom. The Morgan fingerprint density at radius 1 is 1.24 bits per heavy atom. The van der Waals surface area contributed by atoms with Crippen LogP contribution < -0.4 is 11.1 Å². The van der Waals surface area contributed by atoms with Crippen molar-refractivity contribution in [3.05, 3.63) is 11.9 Å². The maximum absolute atomic E-state index is 5.88. The Balaban J connectivity index is 2.61. The van der Waals surface area contributed by atoms with Crippen molar-refractivity contribution in [2.45, 2.75) is 46.5 Å². The summed E-state index contributed by atoms with van der Waals surface area (Å²) in [5, 5.41) is 3.36. The molecule has 1 aromatic rings. The Labute approximate surface area is 104 Å². The maximum atomic E-state index is 5.88. The molecule has 4 nitrogen and oxygen atoms in total. The van der Waals surface area contributed by atoms with Crippen molar-refractivity contribution in [2.75, 3.05) is 17.6 Å². The number of anilines is 2. The molecule has 0 spiro atoms. The number of nitrogen functional groups attached to an aromatic ring is 1. The molecule has 0 amide bonds. The van der Waals surface area contributed by atoms with Gasteiger partial charge in [-0.15, -0.1) is 0 Å². The molecular formula is C13H24N4. The predicted molar refractivity (Wildman–Crippen MR) is 73.1 cm³/mol. The normalized spacial score (nSPS) is 11.2. The van der Waals surface area contributed by atoms with Crippen molar-refractivity contribution in [3.8, 4) is 0 Å². The standard InChI is InChI=1S/C13H24N4/c1-9(2)6-5-7-15-13-11(10(3)4)12(14)16-8-17-13/h8-10H,5-7H2,1-4H3,(H3,14,15,16,17). The molecule has 0 bridgehead atoms.